The highest BCUT2D eigenvalue weighted by Gasteiger charge is 2.17. The Labute approximate surface area is 125 Å². The lowest BCUT2D eigenvalue weighted by Gasteiger charge is -2.26. The SMILES string of the molecule is CC1CCC(CCNCc2ccc(CC(=O)O)s2)CC1. The standard InChI is InChI=1S/C16H25NO2S/c1-12-2-4-13(5-3-12)8-9-17-11-15-7-6-14(20-15)10-16(18)19/h6-7,12-13,17H,2-5,8-11H2,1H3,(H,18,19). The van der Waals surface area contributed by atoms with Gasteiger partial charge in [0.05, 0.1) is 6.42 Å². The van der Waals surface area contributed by atoms with Crippen LogP contribution >= 0.6 is 11.3 Å². The van der Waals surface area contributed by atoms with Gasteiger partial charge >= 0.3 is 5.97 Å². The molecule has 2 N–H and O–H groups in total. The molecule has 1 aromatic rings. The normalized spacial score (nSPS) is 22.9. The van der Waals surface area contributed by atoms with Gasteiger partial charge in [0.1, 0.15) is 0 Å². The van der Waals surface area contributed by atoms with E-state index in [1.54, 1.807) is 11.3 Å². The number of carbonyl (C=O) groups is 1. The van der Waals surface area contributed by atoms with Crippen molar-refractivity contribution in [1.29, 1.82) is 0 Å². The van der Waals surface area contributed by atoms with E-state index >= 15 is 0 Å². The van der Waals surface area contributed by atoms with Crippen LogP contribution in [0.4, 0.5) is 0 Å². The minimum absolute atomic E-state index is 0.144. The molecule has 0 aliphatic heterocycles. The first kappa shape index (κ1) is 15.5. The van der Waals surface area contributed by atoms with Crippen LogP contribution in [0.15, 0.2) is 12.1 Å². The number of carboxylic acid groups (broad SMARTS) is 1. The maximum atomic E-state index is 10.6. The molecule has 4 heteroatoms. The number of hydrogen-bond acceptors (Lipinski definition) is 3. The summed E-state index contributed by atoms with van der Waals surface area (Å²) < 4.78 is 0. The molecule has 0 unspecified atom stereocenters. The number of thiophene rings is 1. The zero-order valence-corrected chi connectivity index (χ0v) is 13.0. The van der Waals surface area contributed by atoms with E-state index in [0.29, 0.717) is 0 Å². The van der Waals surface area contributed by atoms with Gasteiger partial charge in [0.15, 0.2) is 0 Å². The van der Waals surface area contributed by atoms with Gasteiger partial charge in [0.25, 0.3) is 0 Å². The van der Waals surface area contributed by atoms with Crippen LogP contribution in [-0.4, -0.2) is 17.6 Å². The monoisotopic (exact) mass is 295 g/mol. The summed E-state index contributed by atoms with van der Waals surface area (Å²) in [6, 6.07) is 3.97. The van der Waals surface area contributed by atoms with Crippen LogP contribution in [0.5, 0.6) is 0 Å². The molecule has 3 nitrogen and oxygen atoms in total. The fourth-order valence-electron chi connectivity index (χ4n) is 2.90. The molecule has 0 aromatic carbocycles. The van der Waals surface area contributed by atoms with E-state index in [1.807, 2.05) is 12.1 Å². The number of aliphatic carboxylic acids is 1. The molecule has 112 valence electrons. The Hall–Kier alpha value is -0.870. The molecular weight excluding hydrogens is 270 g/mol. The van der Waals surface area contributed by atoms with Crippen LogP contribution in [0.1, 0.15) is 48.8 Å². The van der Waals surface area contributed by atoms with Crippen molar-refractivity contribution < 1.29 is 9.90 Å². The van der Waals surface area contributed by atoms with Crippen molar-refractivity contribution in [3.8, 4) is 0 Å². The highest BCUT2D eigenvalue weighted by Crippen LogP contribution is 2.29. The van der Waals surface area contributed by atoms with Gasteiger partial charge in [-0.15, -0.1) is 11.3 Å². The largest absolute Gasteiger partial charge is 0.481 e. The van der Waals surface area contributed by atoms with E-state index in [1.165, 1.54) is 37.0 Å². The predicted molar refractivity (Wildman–Crippen MR) is 83.1 cm³/mol. The van der Waals surface area contributed by atoms with Crippen LogP contribution in [0.2, 0.25) is 0 Å². The molecule has 1 aliphatic rings. The molecule has 0 radical (unpaired) electrons. The van der Waals surface area contributed by atoms with Crippen molar-refractivity contribution >= 4 is 17.3 Å². The summed E-state index contributed by atoms with van der Waals surface area (Å²) in [4.78, 5) is 12.8. The van der Waals surface area contributed by atoms with Gasteiger partial charge in [-0.25, -0.2) is 0 Å². The Bertz CT molecular complexity index is 422. The molecule has 1 heterocycles. The fourth-order valence-corrected chi connectivity index (χ4v) is 3.88. The van der Waals surface area contributed by atoms with Crippen molar-refractivity contribution in [3.63, 3.8) is 0 Å². The number of hydrogen-bond donors (Lipinski definition) is 2. The molecule has 1 fully saturated rings. The molecule has 1 saturated carbocycles. The first-order valence-corrected chi connectivity index (χ1v) is 8.45. The second kappa shape index (κ2) is 7.79. The third kappa shape index (κ3) is 5.25. The second-order valence-electron chi connectivity index (χ2n) is 6.03. The van der Waals surface area contributed by atoms with Crippen molar-refractivity contribution in [2.45, 2.75) is 52.0 Å². The van der Waals surface area contributed by atoms with E-state index in [9.17, 15) is 4.79 Å². The Kier molecular flexibility index (Phi) is 6.05. The minimum atomic E-state index is -0.752. The van der Waals surface area contributed by atoms with E-state index in [-0.39, 0.29) is 6.42 Å². The average molecular weight is 295 g/mol. The van der Waals surface area contributed by atoms with Gasteiger partial charge < -0.3 is 10.4 Å². The third-order valence-electron chi connectivity index (χ3n) is 4.21. The van der Waals surface area contributed by atoms with Crippen molar-refractivity contribution in [2.75, 3.05) is 6.54 Å². The van der Waals surface area contributed by atoms with Gasteiger partial charge in [-0.3, -0.25) is 4.79 Å². The molecule has 0 amide bonds. The summed E-state index contributed by atoms with van der Waals surface area (Å²) in [5.41, 5.74) is 0. The topological polar surface area (TPSA) is 49.3 Å². The molecule has 0 saturated heterocycles. The average Bonchev–Trinajstić information content (AvgIpc) is 2.83. The minimum Gasteiger partial charge on any atom is -0.481 e. The Balaban J connectivity index is 1.61. The van der Waals surface area contributed by atoms with E-state index in [4.69, 9.17) is 5.11 Å². The second-order valence-corrected chi connectivity index (χ2v) is 7.28. The maximum absolute atomic E-state index is 10.6. The predicted octanol–water partition coefficient (Wildman–Crippen LogP) is 3.68. The maximum Gasteiger partial charge on any atom is 0.308 e. The quantitative estimate of drug-likeness (QED) is 0.754. The summed E-state index contributed by atoms with van der Waals surface area (Å²) in [6.45, 7) is 4.30. The molecule has 0 atom stereocenters. The summed E-state index contributed by atoms with van der Waals surface area (Å²) in [7, 11) is 0. The summed E-state index contributed by atoms with van der Waals surface area (Å²) >= 11 is 1.60. The molecular formula is C16H25NO2S. The van der Waals surface area contributed by atoms with E-state index in [2.05, 4.69) is 12.2 Å². The molecule has 20 heavy (non-hydrogen) atoms. The first-order valence-electron chi connectivity index (χ1n) is 7.63. The van der Waals surface area contributed by atoms with Gasteiger partial charge in [0.2, 0.25) is 0 Å². The van der Waals surface area contributed by atoms with Crippen LogP contribution in [0, 0.1) is 11.8 Å². The summed E-state index contributed by atoms with van der Waals surface area (Å²) in [5, 5.41) is 12.2. The lowest BCUT2D eigenvalue weighted by Crippen LogP contribution is -2.20. The van der Waals surface area contributed by atoms with Crippen molar-refractivity contribution in [3.05, 3.63) is 21.9 Å². The van der Waals surface area contributed by atoms with E-state index in [0.717, 1.165) is 29.8 Å². The van der Waals surface area contributed by atoms with Gasteiger partial charge in [-0.2, -0.15) is 0 Å². The molecule has 1 aliphatic carbocycles. The summed E-state index contributed by atoms with van der Waals surface area (Å²) in [6.07, 6.45) is 7.00. The molecule has 2 rings (SSSR count). The van der Waals surface area contributed by atoms with Crippen LogP contribution in [-0.2, 0) is 17.8 Å². The zero-order chi connectivity index (χ0) is 14.4. The fraction of sp³-hybridized carbons (Fsp3) is 0.688. The van der Waals surface area contributed by atoms with Crippen molar-refractivity contribution in [2.24, 2.45) is 11.8 Å². The van der Waals surface area contributed by atoms with E-state index < -0.39 is 5.97 Å². The zero-order valence-electron chi connectivity index (χ0n) is 12.2. The third-order valence-corrected chi connectivity index (χ3v) is 5.29. The summed E-state index contributed by atoms with van der Waals surface area (Å²) in [5.74, 6) is 1.08. The molecule has 1 aromatic heterocycles. The first-order chi connectivity index (χ1) is 9.63. The van der Waals surface area contributed by atoms with Gasteiger partial charge in [-0.05, 0) is 36.9 Å². The number of rotatable bonds is 7. The smallest absolute Gasteiger partial charge is 0.308 e. The Morgan fingerprint density at radius 2 is 2.00 bits per heavy atom. The lowest BCUT2D eigenvalue weighted by molar-refractivity contribution is -0.136. The number of nitrogens with one attached hydrogen (secondary N) is 1. The van der Waals surface area contributed by atoms with Crippen molar-refractivity contribution in [1.82, 2.24) is 5.32 Å². The highest BCUT2D eigenvalue weighted by molar-refractivity contribution is 7.12. The molecule has 0 bridgehead atoms. The van der Waals surface area contributed by atoms with Gasteiger partial charge in [0, 0.05) is 16.3 Å². The van der Waals surface area contributed by atoms with Gasteiger partial charge in [-0.1, -0.05) is 32.6 Å². The number of carboxylic acids is 1. The van der Waals surface area contributed by atoms with Crippen LogP contribution in [0.3, 0.4) is 0 Å². The molecule has 0 spiro atoms. The Morgan fingerprint density at radius 3 is 2.70 bits per heavy atom. The lowest BCUT2D eigenvalue weighted by atomic mass is 9.81. The van der Waals surface area contributed by atoms with Crippen LogP contribution < -0.4 is 5.32 Å². The highest BCUT2D eigenvalue weighted by atomic mass is 32.1. The van der Waals surface area contributed by atoms with Crippen LogP contribution in [0.25, 0.3) is 0 Å². The Morgan fingerprint density at radius 1 is 1.30 bits per heavy atom.